The lowest BCUT2D eigenvalue weighted by atomic mass is 10.3. The zero-order valence-corrected chi connectivity index (χ0v) is 13.1. The third-order valence-corrected chi connectivity index (χ3v) is 5.40. The highest BCUT2D eigenvalue weighted by molar-refractivity contribution is 7.89. The van der Waals surface area contributed by atoms with Gasteiger partial charge >= 0.3 is 0 Å². The second-order valence-electron chi connectivity index (χ2n) is 4.32. The first kappa shape index (κ1) is 17.2. The number of nitrogens with two attached hydrogens (primary N) is 1. The van der Waals surface area contributed by atoms with Crippen molar-refractivity contribution in [3.8, 4) is 0 Å². The van der Waals surface area contributed by atoms with Crippen LogP contribution in [0.3, 0.4) is 0 Å². The number of hydrogen-bond acceptors (Lipinski definition) is 4. The SMILES string of the molecule is CCN(C(C)COC)S(=O)(=O)c1cc(N)c(F)cc1Cl. The molecule has 1 unspecified atom stereocenters. The average molecular weight is 325 g/mol. The van der Waals surface area contributed by atoms with Gasteiger partial charge in [0.2, 0.25) is 10.0 Å². The highest BCUT2D eigenvalue weighted by atomic mass is 35.5. The smallest absolute Gasteiger partial charge is 0.244 e. The summed E-state index contributed by atoms with van der Waals surface area (Å²) in [5.74, 6) is -0.748. The molecule has 0 aliphatic carbocycles. The average Bonchev–Trinajstić information content (AvgIpc) is 2.34. The van der Waals surface area contributed by atoms with Crippen molar-refractivity contribution in [2.24, 2.45) is 0 Å². The molecule has 0 radical (unpaired) electrons. The highest BCUT2D eigenvalue weighted by Gasteiger charge is 2.30. The molecule has 1 aromatic rings. The van der Waals surface area contributed by atoms with Crippen molar-refractivity contribution in [2.45, 2.75) is 24.8 Å². The van der Waals surface area contributed by atoms with Crippen molar-refractivity contribution in [2.75, 3.05) is 26.0 Å². The Hall–Kier alpha value is -0.890. The van der Waals surface area contributed by atoms with Crippen molar-refractivity contribution < 1.29 is 17.5 Å². The van der Waals surface area contributed by atoms with Gasteiger partial charge in [0.05, 0.1) is 17.3 Å². The first-order valence-corrected chi connectivity index (χ1v) is 7.82. The van der Waals surface area contributed by atoms with E-state index in [4.69, 9.17) is 22.1 Å². The molecule has 0 aliphatic heterocycles. The normalized spacial score (nSPS) is 13.7. The van der Waals surface area contributed by atoms with Gasteiger partial charge in [0.1, 0.15) is 10.7 Å². The monoisotopic (exact) mass is 324 g/mol. The van der Waals surface area contributed by atoms with Crippen LogP contribution in [-0.4, -0.2) is 39.0 Å². The summed E-state index contributed by atoms with van der Waals surface area (Å²) in [4.78, 5) is -0.206. The van der Waals surface area contributed by atoms with Gasteiger partial charge in [-0.15, -0.1) is 0 Å². The lowest BCUT2D eigenvalue weighted by Crippen LogP contribution is -2.41. The Kier molecular flexibility index (Phi) is 5.76. The zero-order valence-electron chi connectivity index (χ0n) is 11.6. The van der Waals surface area contributed by atoms with E-state index in [1.807, 2.05) is 0 Å². The van der Waals surface area contributed by atoms with Crippen LogP contribution in [-0.2, 0) is 14.8 Å². The molecule has 0 aromatic heterocycles. The second kappa shape index (κ2) is 6.71. The van der Waals surface area contributed by atoms with Crippen molar-refractivity contribution in [3.63, 3.8) is 0 Å². The summed E-state index contributed by atoms with van der Waals surface area (Å²) in [6, 6.07) is 1.56. The highest BCUT2D eigenvalue weighted by Crippen LogP contribution is 2.29. The zero-order chi connectivity index (χ0) is 15.5. The van der Waals surface area contributed by atoms with Crippen molar-refractivity contribution in [1.29, 1.82) is 0 Å². The molecular formula is C12H18ClFN2O3S. The summed E-state index contributed by atoms with van der Waals surface area (Å²) in [7, 11) is -2.38. The van der Waals surface area contributed by atoms with Gasteiger partial charge in [0.25, 0.3) is 0 Å². The number of likely N-dealkylation sites (N-methyl/N-ethyl adjacent to an activating group) is 1. The van der Waals surface area contributed by atoms with Crippen molar-refractivity contribution in [3.05, 3.63) is 23.0 Å². The van der Waals surface area contributed by atoms with Crippen LogP contribution in [0.1, 0.15) is 13.8 Å². The van der Waals surface area contributed by atoms with Gasteiger partial charge in [-0.2, -0.15) is 4.31 Å². The molecule has 5 nitrogen and oxygen atoms in total. The number of benzene rings is 1. The molecule has 0 aliphatic rings. The van der Waals surface area contributed by atoms with E-state index in [2.05, 4.69) is 0 Å². The second-order valence-corrected chi connectivity index (χ2v) is 6.58. The first-order chi connectivity index (χ1) is 9.25. The molecule has 114 valence electrons. The molecule has 0 amide bonds. The maximum atomic E-state index is 13.3. The Morgan fingerprint density at radius 1 is 1.50 bits per heavy atom. The lowest BCUT2D eigenvalue weighted by molar-refractivity contribution is 0.142. The molecular weight excluding hydrogens is 307 g/mol. The van der Waals surface area contributed by atoms with Gasteiger partial charge in [-0.25, -0.2) is 12.8 Å². The summed E-state index contributed by atoms with van der Waals surface area (Å²) < 4.78 is 44.6. The van der Waals surface area contributed by atoms with Gasteiger partial charge in [0, 0.05) is 19.7 Å². The fraction of sp³-hybridized carbons (Fsp3) is 0.500. The molecule has 8 heteroatoms. The Balaban J connectivity index is 3.31. The van der Waals surface area contributed by atoms with Gasteiger partial charge in [0.15, 0.2) is 0 Å². The quantitative estimate of drug-likeness (QED) is 0.813. The maximum Gasteiger partial charge on any atom is 0.244 e. The third kappa shape index (κ3) is 3.41. The number of anilines is 1. The molecule has 2 N–H and O–H groups in total. The largest absolute Gasteiger partial charge is 0.396 e. The standard InChI is InChI=1S/C12H18ClFN2O3S/c1-4-16(8(2)7-19-3)20(17,18)12-6-11(15)10(14)5-9(12)13/h5-6,8H,4,7,15H2,1-3H3. The number of ether oxygens (including phenoxy) is 1. The van der Waals surface area contributed by atoms with Crippen LogP contribution in [0.25, 0.3) is 0 Å². The van der Waals surface area contributed by atoms with E-state index in [-0.39, 0.29) is 34.8 Å². The number of nitrogen functional groups attached to an aromatic ring is 1. The van der Waals surface area contributed by atoms with E-state index < -0.39 is 15.8 Å². The molecule has 0 saturated carbocycles. The van der Waals surface area contributed by atoms with E-state index >= 15 is 0 Å². The molecule has 1 rings (SSSR count). The van der Waals surface area contributed by atoms with Crippen LogP contribution in [0.4, 0.5) is 10.1 Å². The molecule has 0 saturated heterocycles. The Morgan fingerprint density at radius 3 is 2.60 bits per heavy atom. The third-order valence-electron chi connectivity index (χ3n) is 2.85. The minimum absolute atomic E-state index is 0.195. The summed E-state index contributed by atoms with van der Waals surface area (Å²) in [6.45, 7) is 3.89. The van der Waals surface area contributed by atoms with E-state index in [1.54, 1.807) is 13.8 Å². The van der Waals surface area contributed by atoms with Crippen LogP contribution in [0.2, 0.25) is 5.02 Å². The van der Waals surface area contributed by atoms with E-state index in [0.29, 0.717) is 0 Å². The number of sulfonamides is 1. The van der Waals surface area contributed by atoms with Crippen LogP contribution in [0, 0.1) is 5.82 Å². The predicted octanol–water partition coefficient (Wildman–Crippen LogP) is 2.11. The predicted molar refractivity (Wildman–Crippen MR) is 76.7 cm³/mol. The number of halogens is 2. The molecule has 20 heavy (non-hydrogen) atoms. The fourth-order valence-electron chi connectivity index (χ4n) is 1.91. The van der Waals surface area contributed by atoms with Crippen LogP contribution in [0.5, 0.6) is 0 Å². The summed E-state index contributed by atoms with van der Waals surface area (Å²) in [5, 5.41) is -0.195. The Labute approximate surface area is 123 Å². The van der Waals surface area contributed by atoms with Crippen LogP contribution >= 0.6 is 11.6 Å². The van der Waals surface area contributed by atoms with Crippen LogP contribution in [0.15, 0.2) is 17.0 Å². The van der Waals surface area contributed by atoms with Gasteiger partial charge in [-0.1, -0.05) is 18.5 Å². The van der Waals surface area contributed by atoms with E-state index in [9.17, 15) is 12.8 Å². The summed E-state index contributed by atoms with van der Waals surface area (Å²) in [6.07, 6.45) is 0. The van der Waals surface area contributed by atoms with Crippen molar-refractivity contribution >= 4 is 27.3 Å². The van der Waals surface area contributed by atoms with E-state index in [0.717, 1.165) is 12.1 Å². The van der Waals surface area contributed by atoms with Gasteiger partial charge in [-0.3, -0.25) is 0 Å². The molecule has 1 aromatic carbocycles. The molecule has 1 atom stereocenters. The van der Waals surface area contributed by atoms with Gasteiger partial charge in [-0.05, 0) is 19.1 Å². The molecule has 0 bridgehead atoms. The number of rotatable bonds is 6. The summed E-state index contributed by atoms with van der Waals surface area (Å²) >= 11 is 5.84. The topological polar surface area (TPSA) is 72.6 Å². The minimum atomic E-state index is -3.87. The van der Waals surface area contributed by atoms with E-state index in [1.165, 1.54) is 11.4 Å². The van der Waals surface area contributed by atoms with Crippen LogP contribution < -0.4 is 5.73 Å². The molecule has 0 fully saturated rings. The lowest BCUT2D eigenvalue weighted by Gasteiger charge is -2.27. The first-order valence-electron chi connectivity index (χ1n) is 6.01. The van der Waals surface area contributed by atoms with Gasteiger partial charge < -0.3 is 10.5 Å². The molecule has 0 heterocycles. The molecule has 0 spiro atoms. The Bertz CT molecular complexity index is 580. The van der Waals surface area contributed by atoms with Crippen molar-refractivity contribution in [1.82, 2.24) is 4.31 Å². The maximum absolute atomic E-state index is 13.3. The number of methoxy groups -OCH3 is 1. The minimum Gasteiger partial charge on any atom is -0.396 e. The summed E-state index contributed by atoms with van der Waals surface area (Å²) in [5.41, 5.74) is 5.16. The Morgan fingerprint density at radius 2 is 2.10 bits per heavy atom. The number of hydrogen-bond donors (Lipinski definition) is 1. The fourth-order valence-corrected chi connectivity index (χ4v) is 4.06. The number of nitrogens with zero attached hydrogens (tertiary/aromatic N) is 1.